The lowest BCUT2D eigenvalue weighted by atomic mass is 9.92. The van der Waals surface area contributed by atoms with Gasteiger partial charge in [-0.05, 0) is 37.1 Å². The van der Waals surface area contributed by atoms with E-state index in [1.54, 1.807) is 6.92 Å². The normalized spacial score (nSPS) is 12.2. The average Bonchev–Trinajstić information content (AvgIpc) is 2.52. The van der Waals surface area contributed by atoms with Gasteiger partial charge >= 0.3 is 0 Å². The standard InChI is InChI=1S/C15H24N2O3S/c1-4-15(5-2,11-16)17-14(18)12-7-9-13(10-8-12)21(19,20)6-3/h7-10H,4-6,11,16H2,1-3H3,(H,17,18). The molecule has 0 fully saturated rings. The molecule has 0 spiro atoms. The smallest absolute Gasteiger partial charge is 0.251 e. The fourth-order valence-electron chi connectivity index (χ4n) is 2.06. The summed E-state index contributed by atoms with van der Waals surface area (Å²) in [7, 11) is -3.24. The Hall–Kier alpha value is -1.40. The molecule has 0 saturated carbocycles. The molecule has 0 atom stereocenters. The number of carbonyl (C=O) groups excluding carboxylic acids is 1. The van der Waals surface area contributed by atoms with E-state index in [0.29, 0.717) is 12.1 Å². The first-order valence-corrected chi connectivity index (χ1v) is 8.84. The van der Waals surface area contributed by atoms with Gasteiger partial charge in [-0.3, -0.25) is 4.79 Å². The van der Waals surface area contributed by atoms with Crippen LogP contribution in [-0.2, 0) is 9.84 Å². The minimum atomic E-state index is -3.24. The van der Waals surface area contributed by atoms with Gasteiger partial charge in [0.25, 0.3) is 5.91 Å². The van der Waals surface area contributed by atoms with Gasteiger partial charge in [0.05, 0.1) is 16.2 Å². The first kappa shape index (κ1) is 17.7. The predicted octanol–water partition coefficient (Wildman–Crippen LogP) is 1.73. The number of nitrogens with two attached hydrogens (primary N) is 1. The van der Waals surface area contributed by atoms with Gasteiger partial charge in [0.2, 0.25) is 0 Å². The summed E-state index contributed by atoms with van der Waals surface area (Å²) in [5, 5.41) is 2.95. The van der Waals surface area contributed by atoms with Crippen LogP contribution in [0.4, 0.5) is 0 Å². The van der Waals surface area contributed by atoms with Crippen LogP contribution in [0.15, 0.2) is 29.2 Å². The average molecular weight is 312 g/mol. The maximum atomic E-state index is 12.3. The van der Waals surface area contributed by atoms with Gasteiger partial charge in [0, 0.05) is 12.1 Å². The zero-order valence-electron chi connectivity index (χ0n) is 12.8. The monoisotopic (exact) mass is 312 g/mol. The van der Waals surface area contributed by atoms with Crippen molar-refractivity contribution in [2.45, 2.75) is 44.0 Å². The van der Waals surface area contributed by atoms with Crippen LogP contribution in [0.25, 0.3) is 0 Å². The summed E-state index contributed by atoms with van der Waals surface area (Å²) in [5.41, 5.74) is 5.78. The van der Waals surface area contributed by atoms with Gasteiger partial charge in [-0.1, -0.05) is 20.8 Å². The molecule has 0 radical (unpaired) electrons. The zero-order valence-corrected chi connectivity index (χ0v) is 13.7. The first-order chi connectivity index (χ1) is 9.84. The third-order valence-electron chi connectivity index (χ3n) is 3.98. The van der Waals surface area contributed by atoms with E-state index in [1.165, 1.54) is 24.3 Å². The van der Waals surface area contributed by atoms with Gasteiger partial charge < -0.3 is 11.1 Å². The molecule has 0 heterocycles. The molecule has 1 rings (SSSR count). The van der Waals surface area contributed by atoms with Crippen molar-refractivity contribution in [2.75, 3.05) is 12.3 Å². The van der Waals surface area contributed by atoms with Gasteiger partial charge in [-0.25, -0.2) is 8.42 Å². The Morgan fingerprint density at radius 3 is 2.05 bits per heavy atom. The number of benzene rings is 1. The quantitative estimate of drug-likeness (QED) is 0.802. The Morgan fingerprint density at radius 1 is 1.14 bits per heavy atom. The van der Waals surface area contributed by atoms with Crippen molar-refractivity contribution in [3.8, 4) is 0 Å². The Bertz CT molecular complexity index is 567. The van der Waals surface area contributed by atoms with Crippen molar-refractivity contribution in [1.82, 2.24) is 5.32 Å². The van der Waals surface area contributed by atoms with Crippen LogP contribution in [0.1, 0.15) is 44.0 Å². The molecule has 1 aromatic rings. The van der Waals surface area contributed by atoms with E-state index in [-0.39, 0.29) is 16.6 Å². The molecular weight excluding hydrogens is 288 g/mol. The number of rotatable bonds is 7. The molecule has 5 nitrogen and oxygen atoms in total. The Morgan fingerprint density at radius 2 is 1.67 bits per heavy atom. The summed E-state index contributed by atoms with van der Waals surface area (Å²) >= 11 is 0. The molecule has 0 unspecified atom stereocenters. The lowest BCUT2D eigenvalue weighted by Gasteiger charge is -2.31. The second-order valence-electron chi connectivity index (χ2n) is 5.07. The van der Waals surface area contributed by atoms with E-state index < -0.39 is 15.4 Å². The van der Waals surface area contributed by atoms with Gasteiger partial charge in [-0.15, -0.1) is 0 Å². The second-order valence-corrected chi connectivity index (χ2v) is 7.35. The van der Waals surface area contributed by atoms with E-state index in [1.807, 2.05) is 13.8 Å². The van der Waals surface area contributed by atoms with E-state index in [4.69, 9.17) is 5.73 Å². The highest BCUT2D eigenvalue weighted by atomic mass is 32.2. The van der Waals surface area contributed by atoms with Crippen LogP contribution >= 0.6 is 0 Å². The number of carbonyl (C=O) groups is 1. The van der Waals surface area contributed by atoms with Crippen molar-refractivity contribution >= 4 is 15.7 Å². The van der Waals surface area contributed by atoms with Gasteiger partial charge in [0.15, 0.2) is 9.84 Å². The van der Waals surface area contributed by atoms with Crippen molar-refractivity contribution in [3.05, 3.63) is 29.8 Å². The molecular formula is C15H24N2O3S. The molecule has 3 N–H and O–H groups in total. The maximum absolute atomic E-state index is 12.3. The van der Waals surface area contributed by atoms with Crippen LogP contribution in [0.5, 0.6) is 0 Å². The van der Waals surface area contributed by atoms with Crippen molar-refractivity contribution in [3.63, 3.8) is 0 Å². The summed E-state index contributed by atoms with van der Waals surface area (Å²) in [6.07, 6.45) is 1.49. The predicted molar refractivity (Wildman–Crippen MR) is 84.0 cm³/mol. The minimum Gasteiger partial charge on any atom is -0.345 e. The van der Waals surface area contributed by atoms with Gasteiger partial charge in [0.1, 0.15) is 0 Å². The van der Waals surface area contributed by atoms with E-state index in [9.17, 15) is 13.2 Å². The molecule has 0 aliphatic carbocycles. The minimum absolute atomic E-state index is 0.0422. The van der Waals surface area contributed by atoms with Crippen LogP contribution in [0.3, 0.4) is 0 Å². The van der Waals surface area contributed by atoms with Crippen LogP contribution in [0.2, 0.25) is 0 Å². The summed E-state index contributed by atoms with van der Waals surface area (Å²) in [6, 6.07) is 6.00. The maximum Gasteiger partial charge on any atom is 0.251 e. The molecule has 21 heavy (non-hydrogen) atoms. The molecule has 0 bridgehead atoms. The summed E-state index contributed by atoms with van der Waals surface area (Å²) in [6.45, 7) is 5.92. The second kappa shape index (κ2) is 7.04. The fraction of sp³-hybridized carbons (Fsp3) is 0.533. The third kappa shape index (κ3) is 4.04. The summed E-state index contributed by atoms with van der Waals surface area (Å²) < 4.78 is 23.5. The Kier molecular flexibility index (Phi) is 5.92. The highest BCUT2D eigenvalue weighted by Gasteiger charge is 2.26. The first-order valence-electron chi connectivity index (χ1n) is 7.19. The van der Waals surface area contributed by atoms with E-state index >= 15 is 0 Å². The summed E-state index contributed by atoms with van der Waals surface area (Å²) in [4.78, 5) is 12.5. The SMILES string of the molecule is CCC(CC)(CN)NC(=O)c1ccc(S(=O)(=O)CC)cc1. The molecule has 0 aliphatic heterocycles. The number of hydrogen-bond acceptors (Lipinski definition) is 4. The molecule has 118 valence electrons. The third-order valence-corrected chi connectivity index (χ3v) is 5.73. The molecule has 0 aliphatic rings. The van der Waals surface area contributed by atoms with E-state index in [2.05, 4.69) is 5.32 Å². The highest BCUT2D eigenvalue weighted by molar-refractivity contribution is 7.91. The zero-order chi connectivity index (χ0) is 16.1. The topological polar surface area (TPSA) is 89.3 Å². The van der Waals surface area contributed by atoms with E-state index in [0.717, 1.165) is 12.8 Å². The Balaban J connectivity index is 2.95. The lowest BCUT2D eigenvalue weighted by molar-refractivity contribution is 0.0895. The largest absolute Gasteiger partial charge is 0.345 e. The van der Waals surface area contributed by atoms with Crippen molar-refractivity contribution in [1.29, 1.82) is 0 Å². The highest BCUT2D eigenvalue weighted by Crippen LogP contribution is 2.16. The van der Waals surface area contributed by atoms with Gasteiger partial charge in [-0.2, -0.15) is 0 Å². The van der Waals surface area contributed by atoms with Crippen LogP contribution in [-0.4, -0.2) is 32.2 Å². The number of sulfone groups is 1. The van der Waals surface area contributed by atoms with Crippen molar-refractivity contribution < 1.29 is 13.2 Å². The Labute approximate surface area is 126 Å². The number of amides is 1. The fourth-order valence-corrected chi connectivity index (χ4v) is 2.94. The number of hydrogen-bond donors (Lipinski definition) is 2. The van der Waals surface area contributed by atoms with Crippen molar-refractivity contribution in [2.24, 2.45) is 5.73 Å². The van der Waals surface area contributed by atoms with Crippen LogP contribution in [0, 0.1) is 0 Å². The summed E-state index contributed by atoms with van der Waals surface area (Å²) in [5.74, 6) is -0.190. The lowest BCUT2D eigenvalue weighted by Crippen LogP contribution is -2.52. The molecule has 1 amide bonds. The molecule has 6 heteroatoms. The molecule has 0 saturated heterocycles. The molecule has 1 aromatic carbocycles. The molecule has 0 aromatic heterocycles. The number of nitrogens with one attached hydrogen (secondary N) is 1. The van der Waals surface area contributed by atoms with Crippen LogP contribution < -0.4 is 11.1 Å².